The first kappa shape index (κ1) is 37.4. The molecule has 0 atom stereocenters. The van der Waals surface area contributed by atoms with Gasteiger partial charge in [0, 0.05) is 12.0 Å². The number of ether oxygens (including phenoxy) is 1. The third-order valence-electron chi connectivity index (χ3n) is 8.91. The minimum atomic E-state index is -4.98. The third-order valence-corrected chi connectivity index (χ3v) is 10.9. The molecule has 1 amide bonds. The molecule has 2 N–H and O–H groups in total. The van der Waals surface area contributed by atoms with Crippen LogP contribution in [0.3, 0.4) is 0 Å². The second kappa shape index (κ2) is 15.0. The predicted molar refractivity (Wildman–Crippen MR) is 189 cm³/mol. The normalized spacial score (nSPS) is 14.3. The van der Waals surface area contributed by atoms with Crippen LogP contribution in [-0.4, -0.2) is 37.8 Å². The van der Waals surface area contributed by atoms with Crippen LogP contribution in [-0.2, 0) is 27.8 Å². The summed E-state index contributed by atoms with van der Waals surface area (Å²) in [5, 5.41) is 9.51. The second-order valence-corrected chi connectivity index (χ2v) is 15.3. The Balaban J connectivity index is 1.38. The van der Waals surface area contributed by atoms with Crippen LogP contribution in [0.25, 0.3) is 0 Å². The van der Waals surface area contributed by atoms with E-state index in [1.807, 2.05) is 12.1 Å². The molecule has 4 aromatic rings. The number of carboxylic acid groups (broad SMARTS) is 1. The van der Waals surface area contributed by atoms with Crippen molar-refractivity contribution in [2.75, 3.05) is 22.0 Å². The van der Waals surface area contributed by atoms with E-state index in [0.717, 1.165) is 41.7 Å². The highest BCUT2D eigenvalue weighted by Gasteiger charge is 2.33. The summed E-state index contributed by atoms with van der Waals surface area (Å²) in [6, 6.07) is 14.0. The Morgan fingerprint density at radius 2 is 1.54 bits per heavy atom. The number of aromatic carboxylic acids is 1. The molecule has 2 aliphatic carbocycles. The van der Waals surface area contributed by atoms with Gasteiger partial charge in [-0.1, -0.05) is 53.5 Å². The lowest BCUT2D eigenvalue weighted by Crippen LogP contribution is -2.37. The summed E-state index contributed by atoms with van der Waals surface area (Å²) in [4.78, 5) is 27.0. The van der Waals surface area contributed by atoms with Crippen LogP contribution >= 0.6 is 23.2 Å². The van der Waals surface area contributed by atoms with E-state index in [4.69, 9.17) is 27.9 Å². The minimum Gasteiger partial charge on any atom is -0.492 e. The number of hydrogen-bond acceptors (Lipinski definition) is 5. The number of hydrogen-bond donors (Lipinski definition) is 2. The van der Waals surface area contributed by atoms with Crippen molar-refractivity contribution in [2.45, 2.75) is 57.4 Å². The van der Waals surface area contributed by atoms with Crippen molar-refractivity contribution >= 4 is 56.5 Å². The van der Waals surface area contributed by atoms with E-state index in [-0.39, 0.29) is 45.8 Å². The highest BCUT2D eigenvalue weighted by Crippen LogP contribution is 2.46. The maximum absolute atomic E-state index is 15.3. The highest BCUT2D eigenvalue weighted by atomic mass is 35.5. The number of nitrogens with one attached hydrogen (secondary N) is 1. The van der Waals surface area contributed by atoms with Crippen molar-refractivity contribution in [1.29, 1.82) is 0 Å². The number of carbonyl (C=O) groups excluding carboxylic acids is 1. The van der Waals surface area contributed by atoms with Gasteiger partial charge < -0.3 is 14.7 Å². The molecular weight excluding hydrogens is 747 g/mol. The number of carboxylic acids is 1. The van der Waals surface area contributed by atoms with Gasteiger partial charge in [0.05, 0.1) is 40.1 Å². The van der Waals surface area contributed by atoms with E-state index in [0.29, 0.717) is 17.4 Å². The van der Waals surface area contributed by atoms with E-state index in [1.165, 1.54) is 36.4 Å². The Morgan fingerprint density at radius 1 is 0.904 bits per heavy atom. The fourth-order valence-corrected chi connectivity index (χ4v) is 7.49. The Labute approximate surface area is 307 Å². The number of amides is 1. The molecule has 2 saturated carbocycles. The lowest BCUT2D eigenvalue weighted by molar-refractivity contribution is -0.116. The summed E-state index contributed by atoms with van der Waals surface area (Å²) in [5.74, 6) is -11.3. The smallest absolute Gasteiger partial charge is 0.335 e. The van der Waals surface area contributed by atoms with Gasteiger partial charge in [-0.05, 0) is 91.0 Å². The first-order valence-electron chi connectivity index (χ1n) is 16.4. The van der Waals surface area contributed by atoms with Crippen molar-refractivity contribution in [3.05, 3.63) is 121 Å². The number of nitrogens with zero attached hydrogens (tertiary/aromatic N) is 1. The summed E-state index contributed by atoms with van der Waals surface area (Å²) in [7, 11) is -4.98. The van der Waals surface area contributed by atoms with E-state index < -0.39 is 68.6 Å². The lowest BCUT2D eigenvalue weighted by Gasteiger charge is -2.26. The molecule has 0 aromatic heterocycles. The minimum absolute atomic E-state index is 0.0173. The van der Waals surface area contributed by atoms with Gasteiger partial charge in [-0.25, -0.2) is 30.8 Å². The molecule has 15 heteroatoms. The van der Waals surface area contributed by atoms with Crippen LogP contribution in [0, 0.1) is 23.3 Å². The molecular formula is C37H32Cl2F4N2O6S. The van der Waals surface area contributed by atoms with Crippen molar-refractivity contribution in [2.24, 2.45) is 0 Å². The first-order valence-corrected chi connectivity index (χ1v) is 18.8. The lowest BCUT2D eigenvalue weighted by atomic mass is 9.99. The van der Waals surface area contributed by atoms with Crippen LogP contribution < -0.4 is 14.4 Å². The van der Waals surface area contributed by atoms with E-state index in [9.17, 15) is 31.9 Å². The number of benzene rings is 4. The van der Waals surface area contributed by atoms with Gasteiger partial charge in [0.1, 0.15) is 11.5 Å². The van der Waals surface area contributed by atoms with E-state index in [2.05, 4.69) is 6.07 Å². The molecule has 0 heterocycles. The van der Waals surface area contributed by atoms with E-state index >= 15 is 8.78 Å². The second-order valence-electron chi connectivity index (χ2n) is 12.8. The number of anilines is 2. The average Bonchev–Trinajstić information content (AvgIpc) is 4.02. The molecule has 0 radical (unpaired) electrons. The van der Waals surface area contributed by atoms with Crippen molar-refractivity contribution in [3.8, 4) is 5.75 Å². The van der Waals surface area contributed by atoms with Gasteiger partial charge in [-0.2, -0.15) is 0 Å². The molecule has 4 aromatic carbocycles. The highest BCUT2D eigenvalue weighted by molar-refractivity contribution is 7.93. The number of rotatable bonds is 14. The molecule has 0 aliphatic heterocycles. The predicted octanol–water partition coefficient (Wildman–Crippen LogP) is 8.97. The van der Waals surface area contributed by atoms with Crippen LogP contribution in [0.4, 0.5) is 28.9 Å². The third kappa shape index (κ3) is 8.16. The number of sulfonamides is 1. The zero-order chi connectivity index (χ0) is 37.5. The quantitative estimate of drug-likeness (QED) is 0.0751. The van der Waals surface area contributed by atoms with Gasteiger partial charge in [-0.15, -0.1) is 0 Å². The fraction of sp³-hybridized carbons (Fsp3) is 0.297. The van der Waals surface area contributed by atoms with Crippen LogP contribution in [0.2, 0.25) is 10.0 Å². The molecule has 2 fully saturated rings. The molecule has 0 spiro atoms. The largest absolute Gasteiger partial charge is 0.492 e. The molecule has 274 valence electrons. The van der Waals surface area contributed by atoms with Gasteiger partial charge in [0.2, 0.25) is 15.9 Å². The summed E-state index contributed by atoms with van der Waals surface area (Å²) < 4.78 is 94.2. The molecule has 2 aliphatic rings. The topological polar surface area (TPSA) is 113 Å². The monoisotopic (exact) mass is 778 g/mol. The molecule has 52 heavy (non-hydrogen) atoms. The Bertz CT molecular complexity index is 2170. The zero-order valence-corrected chi connectivity index (χ0v) is 29.9. The summed E-state index contributed by atoms with van der Waals surface area (Å²) in [5.41, 5.74) is 0.658. The Kier molecular flexibility index (Phi) is 10.8. The first-order chi connectivity index (χ1) is 24.7. The molecule has 6 rings (SSSR count). The molecule has 8 nitrogen and oxygen atoms in total. The maximum atomic E-state index is 15.3. The standard InChI is InChI=1S/C37H32Cl2F4N2O6S/c1-2-51-29-16-23(37(47)48)10-11-28(29)45(17-19-12-24(20-6-7-20)14-25(13-19)21-8-9-21)30(46)18-52(49,50)44-36-26(32(40)33(41)34(42)35(36)43)15-22-4-3-5-27(38)31(22)39/h3-5,10-14,16,20-21,44H,2,6-9,15,17-18H2,1H3,(H,47,48). The zero-order valence-electron chi connectivity index (χ0n) is 27.6. The number of halogens is 6. The summed E-state index contributed by atoms with van der Waals surface area (Å²) in [6.07, 6.45) is 3.34. The van der Waals surface area contributed by atoms with Crippen molar-refractivity contribution in [3.63, 3.8) is 0 Å². The Hall–Kier alpha value is -4.33. The van der Waals surface area contributed by atoms with Crippen molar-refractivity contribution in [1.82, 2.24) is 0 Å². The average molecular weight is 780 g/mol. The van der Waals surface area contributed by atoms with Gasteiger partial charge >= 0.3 is 5.97 Å². The summed E-state index contributed by atoms with van der Waals surface area (Å²) in [6.45, 7) is 1.55. The van der Waals surface area contributed by atoms with Crippen LogP contribution in [0.15, 0.2) is 54.6 Å². The Morgan fingerprint density at radius 3 is 2.13 bits per heavy atom. The van der Waals surface area contributed by atoms with Gasteiger partial charge in [0.15, 0.2) is 23.3 Å². The van der Waals surface area contributed by atoms with Gasteiger partial charge in [-0.3, -0.25) is 9.52 Å². The molecule has 0 bridgehead atoms. The molecule has 0 unspecified atom stereocenters. The SMILES string of the molecule is CCOc1cc(C(=O)O)ccc1N(Cc1cc(C2CC2)cc(C2CC2)c1)C(=O)CS(=O)(=O)Nc1c(F)c(F)c(F)c(F)c1Cc1cccc(Cl)c1Cl. The maximum Gasteiger partial charge on any atom is 0.335 e. The van der Waals surface area contributed by atoms with Crippen LogP contribution in [0.5, 0.6) is 5.75 Å². The van der Waals surface area contributed by atoms with E-state index in [1.54, 1.807) is 11.6 Å². The molecule has 0 saturated heterocycles. The fourth-order valence-electron chi connectivity index (χ4n) is 6.03. The van der Waals surface area contributed by atoms with Gasteiger partial charge in [0.25, 0.3) is 0 Å². The van der Waals surface area contributed by atoms with Crippen molar-refractivity contribution < 1.29 is 45.4 Å². The number of carbonyl (C=O) groups is 2. The van der Waals surface area contributed by atoms with Crippen LogP contribution in [0.1, 0.15) is 82.6 Å². The summed E-state index contributed by atoms with van der Waals surface area (Å²) >= 11 is 12.2.